The van der Waals surface area contributed by atoms with E-state index in [1.807, 2.05) is 13.8 Å². The minimum absolute atomic E-state index is 0.121. The molecule has 0 aromatic heterocycles. The van der Waals surface area contributed by atoms with E-state index in [0.29, 0.717) is 5.92 Å². The van der Waals surface area contributed by atoms with Gasteiger partial charge in [0, 0.05) is 32.5 Å². The summed E-state index contributed by atoms with van der Waals surface area (Å²) in [6.07, 6.45) is 0.954. The highest BCUT2D eigenvalue weighted by Gasteiger charge is 2.22. The van der Waals surface area contributed by atoms with E-state index in [9.17, 15) is 4.79 Å². The Hall–Kier alpha value is -0.570. The van der Waals surface area contributed by atoms with Crippen molar-refractivity contribution >= 4 is 5.91 Å². The summed E-state index contributed by atoms with van der Waals surface area (Å²) in [7, 11) is 0. The highest BCUT2D eigenvalue weighted by molar-refractivity contribution is 5.73. The van der Waals surface area contributed by atoms with Crippen LogP contribution in [-0.2, 0) is 4.79 Å². The Morgan fingerprint density at radius 3 is 2.42 bits per heavy atom. The fourth-order valence-electron chi connectivity index (χ4n) is 1.27. The summed E-state index contributed by atoms with van der Waals surface area (Å²) in [5.74, 6) is 0.444. The van der Waals surface area contributed by atoms with Crippen LogP contribution in [-0.4, -0.2) is 35.6 Å². The van der Waals surface area contributed by atoms with Gasteiger partial charge in [-0.1, -0.05) is 13.8 Å². The molecule has 0 radical (unpaired) electrons. The molecule has 0 aromatic carbocycles. The molecule has 0 saturated carbocycles. The summed E-state index contributed by atoms with van der Waals surface area (Å²) in [5, 5.41) is 8.73. The largest absolute Gasteiger partial charge is 0.396 e. The second kappa shape index (κ2) is 6.00. The standard InChI is InChI=1S/C7H13NO2.C2H6/c1-6(10)8-3-2-7(4-8)5-9;1-2/h7,9H,2-5H2,1H3;1-2H3. The van der Waals surface area contributed by atoms with Gasteiger partial charge in [0.05, 0.1) is 0 Å². The van der Waals surface area contributed by atoms with Gasteiger partial charge in [-0.2, -0.15) is 0 Å². The fraction of sp³-hybridized carbons (Fsp3) is 0.889. The Balaban J connectivity index is 0.000000561. The first-order chi connectivity index (χ1) is 5.74. The van der Waals surface area contributed by atoms with E-state index in [2.05, 4.69) is 0 Å². The molecule has 1 amide bonds. The molecule has 0 aromatic rings. The number of rotatable bonds is 1. The number of nitrogens with zero attached hydrogens (tertiary/aromatic N) is 1. The van der Waals surface area contributed by atoms with Gasteiger partial charge in [0.2, 0.25) is 5.91 Å². The molecular formula is C9H19NO2. The van der Waals surface area contributed by atoms with Crippen molar-refractivity contribution in [2.75, 3.05) is 19.7 Å². The van der Waals surface area contributed by atoms with E-state index in [-0.39, 0.29) is 12.5 Å². The van der Waals surface area contributed by atoms with Gasteiger partial charge >= 0.3 is 0 Å². The number of carbonyl (C=O) groups excluding carboxylic acids is 1. The average Bonchev–Trinajstić information content (AvgIpc) is 2.55. The predicted octanol–water partition coefficient (Wildman–Crippen LogP) is 0.873. The second-order valence-corrected chi connectivity index (χ2v) is 2.80. The van der Waals surface area contributed by atoms with Crippen LogP contribution in [0.3, 0.4) is 0 Å². The van der Waals surface area contributed by atoms with Gasteiger partial charge in [-0.05, 0) is 6.42 Å². The Kier molecular flexibility index (Phi) is 5.72. The van der Waals surface area contributed by atoms with Crippen molar-refractivity contribution in [3.63, 3.8) is 0 Å². The molecule has 72 valence electrons. The lowest BCUT2D eigenvalue weighted by atomic mass is 10.1. The highest BCUT2D eigenvalue weighted by atomic mass is 16.3. The number of carbonyl (C=O) groups is 1. The number of aliphatic hydroxyl groups is 1. The van der Waals surface area contributed by atoms with Crippen molar-refractivity contribution < 1.29 is 9.90 Å². The van der Waals surface area contributed by atoms with Crippen molar-refractivity contribution in [2.45, 2.75) is 27.2 Å². The minimum atomic E-state index is 0.121. The van der Waals surface area contributed by atoms with Crippen molar-refractivity contribution in [3.8, 4) is 0 Å². The normalized spacial score (nSPS) is 21.7. The molecule has 1 atom stereocenters. The maximum absolute atomic E-state index is 10.8. The topological polar surface area (TPSA) is 40.5 Å². The number of aliphatic hydroxyl groups excluding tert-OH is 1. The van der Waals surface area contributed by atoms with Crippen LogP contribution in [0.5, 0.6) is 0 Å². The lowest BCUT2D eigenvalue weighted by Crippen LogP contribution is -2.26. The second-order valence-electron chi connectivity index (χ2n) is 2.80. The van der Waals surface area contributed by atoms with Crippen LogP contribution in [0.1, 0.15) is 27.2 Å². The van der Waals surface area contributed by atoms with E-state index in [0.717, 1.165) is 19.5 Å². The van der Waals surface area contributed by atoms with Crippen LogP contribution in [0.2, 0.25) is 0 Å². The molecule has 0 bridgehead atoms. The van der Waals surface area contributed by atoms with E-state index in [4.69, 9.17) is 5.11 Å². The zero-order valence-corrected chi connectivity index (χ0v) is 8.21. The Morgan fingerprint density at radius 2 is 2.17 bits per heavy atom. The zero-order chi connectivity index (χ0) is 9.56. The van der Waals surface area contributed by atoms with E-state index in [1.165, 1.54) is 0 Å². The van der Waals surface area contributed by atoms with Crippen LogP contribution in [0.4, 0.5) is 0 Å². The fourth-order valence-corrected chi connectivity index (χ4v) is 1.27. The quantitative estimate of drug-likeness (QED) is 0.639. The number of hydrogen-bond donors (Lipinski definition) is 1. The lowest BCUT2D eigenvalue weighted by Gasteiger charge is -2.12. The molecule has 1 saturated heterocycles. The first kappa shape index (κ1) is 11.4. The molecule has 1 rings (SSSR count). The molecule has 1 aliphatic rings. The molecule has 1 fully saturated rings. The molecule has 12 heavy (non-hydrogen) atoms. The number of hydrogen-bond acceptors (Lipinski definition) is 2. The minimum Gasteiger partial charge on any atom is -0.396 e. The van der Waals surface area contributed by atoms with Gasteiger partial charge in [-0.25, -0.2) is 0 Å². The smallest absolute Gasteiger partial charge is 0.219 e. The first-order valence-electron chi connectivity index (χ1n) is 4.60. The molecule has 1 heterocycles. The average molecular weight is 173 g/mol. The SMILES string of the molecule is CC.CC(=O)N1CCC(CO)C1. The third kappa shape index (κ3) is 3.22. The summed E-state index contributed by atoms with van der Waals surface area (Å²) in [6, 6.07) is 0. The molecule has 1 unspecified atom stereocenters. The van der Waals surface area contributed by atoms with Gasteiger partial charge in [0.25, 0.3) is 0 Å². The Bertz CT molecular complexity index is 136. The third-order valence-corrected chi connectivity index (χ3v) is 1.99. The van der Waals surface area contributed by atoms with Crippen LogP contribution in [0.25, 0.3) is 0 Å². The van der Waals surface area contributed by atoms with Gasteiger partial charge in [0.15, 0.2) is 0 Å². The zero-order valence-electron chi connectivity index (χ0n) is 8.21. The molecule has 0 spiro atoms. The van der Waals surface area contributed by atoms with Crippen LogP contribution in [0.15, 0.2) is 0 Å². The van der Waals surface area contributed by atoms with Gasteiger partial charge in [-0.15, -0.1) is 0 Å². The summed E-state index contributed by atoms with van der Waals surface area (Å²) in [5.41, 5.74) is 0. The Morgan fingerprint density at radius 1 is 1.58 bits per heavy atom. The summed E-state index contributed by atoms with van der Waals surface area (Å²) >= 11 is 0. The molecule has 3 nitrogen and oxygen atoms in total. The monoisotopic (exact) mass is 173 g/mol. The predicted molar refractivity (Wildman–Crippen MR) is 48.8 cm³/mol. The third-order valence-electron chi connectivity index (χ3n) is 1.99. The van der Waals surface area contributed by atoms with Crippen molar-refractivity contribution in [1.82, 2.24) is 4.90 Å². The first-order valence-corrected chi connectivity index (χ1v) is 4.60. The maximum Gasteiger partial charge on any atom is 0.219 e. The Labute approximate surface area is 74.4 Å². The van der Waals surface area contributed by atoms with Crippen LogP contribution in [0, 0.1) is 5.92 Å². The van der Waals surface area contributed by atoms with Gasteiger partial charge in [-0.3, -0.25) is 4.79 Å². The molecule has 1 aliphatic heterocycles. The molecule has 0 aliphatic carbocycles. The van der Waals surface area contributed by atoms with Crippen molar-refractivity contribution in [3.05, 3.63) is 0 Å². The van der Waals surface area contributed by atoms with E-state index in [1.54, 1.807) is 11.8 Å². The molecule has 3 heteroatoms. The van der Waals surface area contributed by atoms with E-state index >= 15 is 0 Å². The molecule has 1 N–H and O–H groups in total. The van der Waals surface area contributed by atoms with Crippen LogP contribution < -0.4 is 0 Å². The number of likely N-dealkylation sites (tertiary alicyclic amines) is 1. The summed E-state index contributed by atoms with van der Waals surface area (Å²) in [6.45, 7) is 7.34. The van der Waals surface area contributed by atoms with Gasteiger partial charge in [0.1, 0.15) is 0 Å². The highest BCUT2D eigenvalue weighted by Crippen LogP contribution is 2.14. The summed E-state index contributed by atoms with van der Waals surface area (Å²) in [4.78, 5) is 12.5. The maximum atomic E-state index is 10.8. The van der Waals surface area contributed by atoms with E-state index < -0.39 is 0 Å². The van der Waals surface area contributed by atoms with Crippen molar-refractivity contribution in [2.24, 2.45) is 5.92 Å². The summed E-state index contributed by atoms with van der Waals surface area (Å²) < 4.78 is 0. The van der Waals surface area contributed by atoms with Crippen molar-refractivity contribution in [1.29, 1.82) is 0 Å². The lowest BCUT2D eigenvalue weighted by molar-refractivity contribution is -0.127. The van der Waals surface area contributed by atoms with Gasteiger partial charge < -0.3 is 10.0 Å². The number of amides is 1. The van der Waals surface area contributed by atoms with Crippen LogP contribution >= 0.6 is 0 Å². The molecular weight excluding hydrogens is 154 g/mol.